The molecule has 6 aromatic rings. The van der Waals surface area contributed by atoms with Crippen LogP contribution in [0.4, 0.5) is 17.1 Å². The molecule has 0 saturated carbocycles. The van der Waals surface area contributed by atoms with Gasteiger partial charge in [0.05, 0.1) is 0 Å². The molecule has 6 aromatic carbocycles. The van der Waals surface area contributed by atoms with Crippen molar-refractivity contribution < 1.29 is 14.2 Å². The second kappa shape index (κ2) is 12.3. The van der Waals surface area contributed by atoms with E-state index in [1.54, 1.807) is 18.2 Å². The van der Waals surface area contributed by atoms with E-state index in [1.807, 2.05) is 91.0 Å². The minimum atomic E-state index is -0.0516. The number of hydrogen-bond acceptors (Lipinski definition) is 6. The van der Waals surface area contributed by atoms with Crippen molar-refractivity contribution in [3.8, 4) is 34.5 Å². The maximum atomic E-state index is 6.04. The lowest BCUT2D eigenvalue weighted by Crippen LogP contribution is -2.03. The normalized spacial score (nSPS) is 10.8. The highest BCUT2D eigenvalue weighted by Crippen LogP contribution is 2.36. The molecule has 0 amide bonds. The van der Waals surface area contributed by atoms with Gasteiger partial charge in [0.1, 0.15) is 34.5 Å². The molecule has 43 heavy (non-hydrogen) atoms. The predicted molar refractivity (Wildman–Crippen MR) is 173 cm³/mol. The molecule has 0 aromatic heterocycles. The van der Waals surface area contributed by atoms with Crippen molar-refractivity contribution in [3.05, 3.63) is 162 Å². The first kappa shape index (κ1) is 27.3. The van der Waals surface area contributed by atoms with Crippen LogP contribution in [0.3, 0.4) is 0 Å². The molecule has 6 heteroatoms. The Morgan fingerprint density at radius 2 is 0.605 bits per heavy atom. The largest absolute Gasteiger partial charge is 0.457 e. The fourth-order valence-corrected chi connectivity index (χ4v) is 4.90. The Morgan fingerprint density at radius 1 is 0.326 bits per heavy atom. The van der Waals surface area contributed by atoms with Gasteiger partial charge in [-0.05, 0) is 89.5 Å². The third-order valence-electron chi connectivity index (χ3n) is 6.92. The molecule has 0 radical (unpaired) electrons. The van der Waals surface area contributed by atoms with Crippen LogP contribution in [0.25, 0.3) is 0 Å². The zero-order chi connectivity index (χ0) is 29.6. The van der Waals surface area contributed by atoms with Crippen LogP contribution < -0.4 is 31.4 Å². The van der Waals surface area contributed by atoms with E-state index in [-0.39, 0.29) is 5.92 Å². The van der Waals surface area contributed by atoms with E-state index in [2.05, 4.69) is 36.4 Å². The Morgan fingerprint density at radius 3 is 0.860 bits per heavy atom. The molecule has 0 bridgehead atoms. The van der Waals surface area contributed by atoms with Gasteiger partial charge in [0, 0.05) is 41.2 Å². The molecular formula is C37H31N3O3. The quantitative estimate of drug-likeness (QED) is 0.119. The molecule has 0 heterocycles. The molecule has 0 spiro atoms. The average Bonchev–Trinajstić information content (AvgIpc) is 3.00. The van der Waals surface area contributed by atoms with Crippen molar-refractivity contribution in [3.63, 3.8) is 0 Å². The van der Waals surface area contributed by atoms with Gasteiger partial charge in [-0.2, -0.15) is 0 Å². The number of nitrogen functional groups attached to an aromatic ring is 3. The van der Waals surface area contributed by atoms with Gasteiger partial charge in [0.2, 0.25) is 0 Å². The summed E-state index contributed by atoms with van der Waals surface area (Å²) < 4.78 is 18.1. The highest BCUT2D eigenvalue weighted by Gasteiger charge is 2.18. The molecule has 0 aliphatic carbocycles. The molecule has 0 unspecified atom stereocenters. The van der Waals surface area contributed by atoms with E-state index < -0.39 is 0 Å². The Balaban J connectivity index is 1.28. The molecule has 6 nitrogen and oxygen atoms in total. The van der Waals surface area contributed by atoms with E-state index in [1.165, 1.54) is 0 Å². The zero-order valence-electron chi connectivity index (χ0n) is 23.4. The van der Waals surface area contributed by atoms with Crippen LogP contribution in [0.5, 0.6) is 34.5 Å². The van der Waals surface area contributed by atoms with Crippen LogP contribution in [0.15, 0.2) is 146 Å². The zero-order valence-corrected chi connectivity index (χ0v) is 23.4. The summed E-state index contributed by atoms with van der Waals surface area (Å²) in [5.41, 5.74) is 23.0. The van der Waals surface area contributed by atoms with E-state index in [0.29, 0.717) is 34.3 Å². The Kier molecular flexibility index (Phi) is 7.82. The lowest BCUT2D eigenvalue weighted by atomic mass is 9.85. The van der Waals surface area contributed by atoms with Crippen molar-refractivity contribution >= 4 is 17.1 Å². The second-order valence-corrected chi connectivity index (χ2v) is 10.2. The molecule has 6 N–H and O–H groups in total. The highest BCUT2D eigenvalue weighted by atomic mass is 16.5. The Bertz CT molecular complexity index is 1600. The van der Waals surface area contributed by atoms with E-state index in [4.69, 9.17) is 31.4 Å². The van der Waals surface area contributed by atoms with Gasteiger partial charge in [0.15, 0.2) is 0 Å². The van der Waals surface area contributed by atoms with Gasteiger partial charge in [-0.25, -0.2) is 0 Å². The number of anilines is 3. The van der Waals surface area contributed by atoms with Gasteiger partial charge in [-0.3, -0.25) is 0 Å². The van der Waals surface area contributed by atoms with Crippen LogP contribution in [0.2, 0.25) is 0 Å². The number of hydrogen-bond donors (Lipinski definition) is 3. The Hall–Kier alpha value is -5.88. The SMILES string of the molecule is Nc1cccc(Oc2ccc(C(c3ccc(Oc4cccc(N)c4)cc3)c3ccc(Oc4cccc(N)c4)cc3)cc2)c1. The first-order valence-electron chi connectivity index (χ1n) is 13.9. The summed E-state index contributed by atoms with van der Waals surface area (Å²) in [4.78, 5) is 0. The maximum absolute atomic E-state index is 6.04. The lowest BCUT2D eigenvalue weighted by molar-refractivity contribution is 0.482. The van der Waals surface area contributed by atoms with Gasteiger partial charge in [-0.15, -0.1) is 0 Å². The van der Waals surface area contributed by atoms with E-state index in [0.717, 1.165) is 33.9 Å². The van der Waals surface area contributed by atoms with Crippen molar-refractivity contribution in [2.75, 3.05) is 17.2 Å². The molecule has 0 atom stereocenters. The molecular weight excluding hydrogens is 534 g/mol. The molecule has 0 aliphatic rings. The number of rotatable bonds is 9. The Labute approximate surface area is 250 Å². The fraction of sp³-hybridized carbons (Fsp3) is 0.0270. The summed E-state index contributed by atoms with van der Waals surface area (Å²) in [5.74, 6) is 4.20. The van der Waals surface area contributed by atoms with Crippen LogP contribution in [-0.2, 0) is 0 Å². The highest BCUT2D eigenvalue weighted by molar-refractivity contribution is 5.51. The first-order valence-corrected chi connectivity index (χ1v) is 13.9. The molecule has 0 fully saturated rings. The summed E-state index contributed by atoms with van der Waals surface area (Å²) in [6.45, 7) is 0. The number of ether oxygens (including phenoxy) is 3. The van der Waals surface area contributed by atoms with Crippen LogP contribution in [0.1, 0.15) is 22.6 Å². The second-order valence-electron chi connectivity index (χ2n) is 10.2. The van der Waals surface area contributed by atoms with Gasteiger partial charge < -0.3 is 31.4 Å². The van der Waals surface area contributed by atoms with Crippen molar-refractivity contribution in [2.24, 2.45) is 0 Å². The van der Waals surface area contributed by atoms with Gasteiger partial charge in [-0.1, -0.05) is 54.6 Å². The predicted octanol–water partition coefficient (Wildman–Crippen LogP) is 8.99. The summed E-state index contributed by atoms with van der Waals surface area (Å²) in [6, 6.07) is 46.5. The van der Waals surface area contributed by atoms with Gasteiger partial charge in [0.25, 0.3) is 0 Å². The fourth-order valence-electron chi connectivity index (χ4n) is 4.90. The van der Waals surface area contributed by atoms with Crippen LogP contribution >= 0.6 is 0 Å². The van der Waals surface area contributed by atoms with Crippen molar-refractivity contribution in [2.45, 2.75) is 5.92 Å². The summed E-state index contributed by atoms with van der Waals surface area (Å²) >= 11 is 0. The first-order chi connectivity index (χ1) is 21.0. The molecule has 0 saturated heterocycles. The maximum Gasteiger partial charge on any atom is 0.129 e. The van der Waals surface area contributed by atoms with Crippen molar-refractivity contribution in [1.82, 2.24) is 0 Å². The van der Waals surface area contributed by atoms with E-state index >= 15 is 0 Å². The average molecular weight is 566 g/mol. The monoisotopic (exact) mass is 565 g/mol. The third kappa shape index (κ3) is 6.89. The third-order valence-corrected chi connectivity index (χ3v) is 6.92. The van der Waals surface area contributed by atoms with Crippen LogP contribution in [0, 0.1) is 0 Å². The van der Waals surface area contributed by atoms with E-state index in [9.17, 15) is 0 Å². The van der Waals surface area contributed by atoms with Crippen LogP contribution in [-0.4, -0.2) is 0 Å². The van der Waals surface area contributed by atoms with Gasteiger partial charge >= 0.3 is 0 Å². The number of nitrogens with two attached hydrogens (primary N) is 3. The molecule has 212 valence electrons. The summed E-state index contributed by atoms with van der Waals surface area (Å²) in [6.07, 6.45) is 0. The van der Waals surface area contributed by atoms with Crippen molar-refractivity contribution in [1.29, 1.82) is 0 Å². The summed E-state index contributed by atoms with van der Waals surface area (Å²) in [5, 5.41) is 0. The minimum absolute atomic E-state index is 0.0516. The number of benzene rings is 6. The topological polar surface area (TPSA) is 106 Å². The molecule has 0 aliphatic heterocycles. The smallest absolute Gasteiger partial charge is 0.129 e. The lowest BCUT2D eigenvalue weighted by Gasteiger charge is -2.20. The summed E-state index contributed by atoms with van der Waals surface area (Å²) in [7, 11) is 0. The minimum Gasteiger partial charge on any atom is -0.457 e. The molecule has 6 rings (SSSR count). The standard InChI is InChI=1S/C37H31N3O3/c38-28-4-1-7-34(22-28)41-31-16-10-25(11-17-31)37(26-12-18-32(19-13-26)42-35-8-2-5-29(39)23-35)27-14-20-33(21-15-27)43-36-9-3-6-30(40)24-36/h1-24,37H,38-40H2.